The molecule has 1 heterocycles. The largest absolute Gasteiger partial charge is 0.480 e. The van der Waals surface area contributed by atoms with Crippen molar-refractivity contribution in [3.8, 4) is 0 Å². The van der Waals surface area contributed by atoms with Crippen molar-refractivity contribution in [3.05, 3.63) is 18.2 Å². The van der Waals surface area contributed by atoms with Gasteiger partial charge in [-0.15, -0.1) is 0 Å². The van der Waals surface area contributed by atoms with Gasteiger partial charge >= 0.3 is 91.2 Å². The number of aromatic nitrogens is 2. The van der Waals surface area contributed by atoms with Crippen molar-refractivity contribution in [3.63, 3.8) is 0 Å². The number of hydrogen-bond donors (Lipinski definition) is 2. The summed E-state index contributed by atoms with van der Waals surface area (Å²) in [6.07, 6.45) is -10.0. The van der Waals surface area contributed by atoms with Crippen LogP contribution in [0.25, 0.3) is 0 Å². The summed E-state index contributed by atoms with van der Waals surface area (Å²) in [5.74, 6) is -27.0. The number of ether oxygens (including phenoxy) is 1. The number of phosphoric acid groups is 1. The third-order valence-electron chi connectivity index (χ3n) is 5.73. The Hall–Kier alpha value is -7.61. The van der Waals surface area contributed by atoms with Crippen LogP contribution < -0.4 is 5.73 Å². The highest BCUT2D eigenvalue weighted by molar-refractivity contribution is 7.48. The molecule has 0 aliphatic rings. The summed E-state index contributed by atoms with van der Waals surface area (Å²) in [5, 5.41) is 0. The number of imidazole rings is 1. The van der Waals surface area contributed by atoms with E-state index in [1.807, 2.05) is 0 Å². The molecular formula is C30H34N3O30P. The maximum atomic E-state index is 15.0. The second kappa shape index (κ2) is 26.0. The molecule has 33 nitrogen and oxygen atoms in total. The zero-order chi connectivity index (χ0) is 48.8. The van der Waals surface area contributed by atoms with E-state index < -0.39 is 135 Å². The lowest BCUT2D eigenvalue weighted by Crippen LogP contribution is -2.52. The number of hydrogen-bond acceptors (Lipinski definition) is 32. The summed E-state index contributed by atoms with van der Waals surface area (Å²) in [7, 11) is -6.79. The molecule has 64 heavy (non-hydrogen) atoms. The number of H-pyrrole nitrogens is 1. The van der Waals surface area contributed by atoms with Crippen LogP contribution in [0.2, 0.25) is 0 Å². The van der Waals surface area contributed by atoms with Gasteiger partial charge in [-0.25, -0.2) is 130 Å². The van der Waals surface area contributed by atoms with Crippen LogP contribution in [-0.2, 0) is 150 Å². The predicted octanol–water partition coefficient (Wildman–Crippen LogP) is -2.29. The van der Waals surface area contributed by atoms with Crippen molar-refractivity contribution in [2.45, 2.75) is 91.3 Å². The minimum atomic E-state index is -6.79. The third kappa shape index (κ3) is 21.3. The van der Waals surface area contributed by atoms with E-state index in [-0.39, 0.29) is 5.69 Å². The van der Waals surface area contributed by atoms with Gasteiger partial charge in [0.2, 0.25) is 0 Å². The molecule has 0 saturated carbocycles. The van der Waals surface area contributed by atoms with Crippen molar-refractivity contribution in [1.29, 1.82) is 0 Å². The van der Waals surface area contributed by atoms with E-state index in [9.17, 15) is 66.9 Å². The van der Waals surface area contributed by atoms with Crippen molar-refractivity contribution in [1.82, 2.24) is 9.97 Å². The third-order valence-corrected chi connectivity index (χ3v) is 7.27. The molecule has 0 aliphatic carbocycles. The predicted molar refractivity (Wildman–Crippen MR) is 179 cm³/mol. The van der Waals surface area contributed by atoms with Crippen LogP contribution in [-0.4, -0.2) is 112 Å². The lowest BCUT2D eigenvalue weighted by Gasteiger charge is -2.33. The van der Waals surface area contributed by atoms with E-state index in [1.165, 1.54) is 0 Å². The number of nitrogens with zero attached hydrogens (tertiary/aromatic N) is 1. The Morgan fingerprint density at radius 1 is 0.578 bits per heavy atom. The standard InChI is InChI=1S/C30H34N3O30P/c1-13(34)49-55-23(40)8-21(27(44)58-52-16(4)37)61-64(47,62-22(28(45)59-53-17(5)38)9-24(41)56-50-14(2)35)63-30(29(46)60-54-18(6)39,10-25(42)57-51-15(3)36)48-26(43)20(31)7-19-11-32-12-33-19/h11-12,20-22H,7-10,31H2,1-6H3,(H,32,33). The molecule has 0 bridgehead atoms. The molecule has 3 N–H and O–H groups in total. The number of phosphoric ester groups is 1. The number of carbonyl (C=O) groups excluding carboxylic acids is 13. The van der Waals surface area contributed by atoms with E-state index in [4.69, 9.17) is 24.0 Å². The zero-order valence-corrected chi connectivity index (χ0v) is 34.3. The van der Waals surface area contributed by atoms with Crippen LogP contribution in [0.1, 0.15) is 66.5 Å². The van der Waals surface area contributed by atoms with E-state index in [1.54, 1.807) is 0 Å². The molecule has 354 valence electrons. The first-order chi connectivity index (χ1) is 29.8. The molecule has 0 amide bonds. The fourth-order valence-electron chi connectivity index (χ4n) is 3.45. The average Bonchev–Trinajstić information content (AvgIpc) is 3.70. The maximum absolute atomic E-state index is 15.0. The molecule has 0 radical (unpaired) electrons. The SMILES string of the molecule is CC(=O)OOC(=O)CC(OP(=O)(OC(CC(=O)OOC(C)=O)C(=O)OOC(C)=O)OC(CC(=O)OOC(C)=O)(OC(=O)C(N)Cc1cnc[nH]1)C(=O)OOC(C)=O)C(=O)OOC(C)=O. The lowest BCUT2D eigenvalue weighted by molar-refractivity contribution is -0.294. The van der Waals surface area contributed by atoms with Gasteiger partial charge < -0.3 is 15.5 Å². The molecule has 0 fully saturated rings. The average molecular weight is 948 g/mol. The molecule has 4 atom stereocenters. The Kier molecular flexibility index (Phi) is 22.1. The topological polar surface area (TPSA) is 441 Å². The summed E-state index contributed by atoms with van der Waals surface area (Å²) < 4.78 is 35.1. The number of nitrogens with two attached hydrogens (primary N) is 1. The molecule has 1 aromatic heterocycles. The molecule has 0 aromatic carbocycles. The minimum absolute atomic E-state index is 0.0783. The highest BCUT2D eigenvalue weighted by atomic mass is 31.2. The fourth-order valence-corrected chi connectivity index (χ4v) is 5.07. The van der Waals surface area contributed by atoms with E-state index in [2.05, 4.69) is 68.6 Å². The first-order valence-corrected chi connectivity index (χ1v) is 18.2. The highest BCUT2D eigenvalue weighted by Crippen LogP contribution is 2.57. The molecule has 0 saturated heterocycles. The molecule has 1 rings (SSSR count). The molecule has 4 unspecified atom stereocenters. The summed E-state index contributed by atoms with van der Waals surface area (Å²) in [5.41, 5.74) is 5.96. The number of rotatable bonds is 19. The fraction of sp³-hybridized carbons (Fsp3) is 0.467. The van der Waals surface area contributed by atoms with Crippen molar-refractivity contribution in [2.24, 2.45) is 5.73 Å². The number of aromatic amines is 1. The van der Waals surface area contributed by atoms with Gasteiger partial charge in [0.1, 0.15) is 12.5 Å². The second-order valence-corrected chi connectivity index (χ2v) is 12.9. The summed E-state index contributed by atoms with van der Waals surface area (Å²) in [4.78, 5) is 216. The van der Waals surface area contributed by atoms with E-state index in [0.29, 0.717) is 41.5 Å². The van der Waals surface area contributed by atoms with Crippen LogP contribution in [0, 0.1) is 0 Å². The molecular weight excluding hydrogens is 913 g/mol. The Bertz CT molecular complexity index is 1910. The van der Waals surface area contributed by atoms with Crippen LogP contribution in [0.3, 0.4) is 0 Å². The van der Waals surface area contributed by atoms with Gasteiger partial charge in [0.05, 0.1) is 19.2 Å². The first-order valence-electron chi connectivity index (χ1n) is 16.7. The smallest absolute Gasteiger partial charge is 0.419 e. The maximum Gasteiger partial charge on any atom is 0.480 e. The Morgan fingerprint density at radius 3 is 1.36 bits per heavy atom. The van der Waals surface area contributed by atoms with Crippen LogP contribution >= 0.6 is 7.82 Å². The van der Waals surface area contributed by atoms with Gasteiger partial charge in [-0.1, -0.05) is 0 Å². The molecule has 34 heteroatoms. The monoisotopic (exact) mass is 947 g/mol. The first kappa shape index (κ1) is 54.4. The van der Waals surface area contributed by atoms with Crippen LogP contribution in [0.5, 0.6) is 0 Å². The van der Waals surface area contributed by atoms with Gasteiger partial charge in [-0.05, 0) is 0 Å². The van der Waals surface area contributed by atoms with Crippen molar-refractivity contribution < 1.29 is 144 Å². The van der Waals surface area contributed by atoms with E-state index in [0.717, 1.165) is 12.5 Å². The Labute approximate surface area is 354 Å². The number of nitrogens with one attached hydrogen (secondary N) is 1. The van der Waals surface area contributed by atoms with Gasteiger partial charge in [-0.2, -0.15) is 0 Å². The Morgan fingerprint density at radius 2 is 0.969 bits per heavy atom. The van der Waals surface area contributed by atoms with Gasteiger partial charge in [0.25, 0.3) is 0 Å². The summed E-state index contributed by atoms with van der Waals surface area (Å²) in [6, 6.07) is -2.00. The number of carbonyl (C=O) groups is 13. The van der Waals surface area contributed by atoms with Gasteiger partial charge in [0.15, 0.2) is 12.2 Å². The molecule has 0 aliphatic heterocycles. The van der Waals surface area contributed by atoms with Crippen molar-refractivity contribution >= 4 is 85.4 Å². The van der Waals surface area contributed by atoms with E-state index >= 15 is 0 Å². The summed E-state index contributed by atoms with van der Waals surface area (Å²) >= 11 is 0. The zero-order valence-electron chi connectivity index (χ0n) is 33.4. The number of esters is 1. The quantitative estimate of drug-likeness (QED) is 0.0484. The highest BCUT2D eigenvalue weighted by Gasteiger charge is 2.58. The normalized spacial score (nSPS) is 13.7. The Balaban J connectivity index is 4.30. The van der Waals surface area contributed by atoms with Crippen LogP contribution in [0.15, 0.2) is 12.5 Å². The van der Waals surface area contributed by atoms with Crippen molar-refractivity contribution in [2.75, 3.05) is 0 Å². The molecule has 1 aromatic rings. The van der Waals surface area contributed by atoms with Gasteiger partial charge in [0, 0.05) is 59.9 Å². The second-order valence-electron chi connectivity index (χ2n) is 11.4. The lowest BCUT2D eigenvalue weighted by atomic mass is 10.1. The van der Waals surface area contributed by atoms with Crippen LogP contribution in [0.4, 0.5) is 0 Å². The summed E-state index contributed by atoms with van der Waals surface area (Å²) in [6.45, 7) is 3.96. The van der Waals surface area contributed by atoms with Gasteiger partial charge in [-0.3, -0.25) is 13.8 Å². The minimum Gasteiger partial charge on any atom is -0.419 e. The molecule has 0 spiro atoms.